The molecule has 1 aromatic carbocycles. The van der Waals surface area contributed by atoms with E-state index in [2.05, 4.69) is 17.5 Å². The molecule has 102 valence electrons. The minimum atomic E-state index is -0.0501. The summed E-state index contributed by atoms with van der Waals surface area (Å²) in [4.78, 5) is 1.34. The molecule has 0 bridgehead atoms. The zero-order valence-corrected chi connectivity index (χ0v) is 11.9. The van der Waals surface area contributed by atoms with Gasteiger partial charge in [0.25, 0.3) is 0 Å². The normalized spacial score (nSPS) is 12.3. The summed E-state index contributed by atoms with van der Waals surface area (Å²) in [5.41, 5.74) is 6.87. The minimum absolute atomic E-state index is 0.0501. The quantitative estimate of drug-likeness (QED) is 0.846. The molecular weight excluding hydrogens is 258 g/mol. The van der Waals surface area contributed by atoms with E-state index in [9.17, 15) is 0 Å². The molecule has 2 N–H and O–H groups in total. The van der Waals surface area contributed by atoms with E-state index in [1.54, 1.807) is 18.4 Å². The molecule has 0 aliphatic carbocycles. The van der Waals surface area contributed by atoms with E-state index in [0.29, 0.717) is 13.2 Å². The topological polar surface area (TPSA) is 44.5 Å². The number of ether oxygens (including phenoxy) is 2. The highest BCUT2D eigenvalue weighted by molar-refractivity contribution is 7.09. The van der Waals surface area contributed by atoms with Crippen molar-refractivity contribution in [3.8, 4) is 5.75 Å². The Morgan fingerprint density at radius 3 is 2.58 bits per heavy atom. The van der Waals surface area contributed by atoms with Crippen LogP contribution in [-0.2, 0) is 11.2 Å². The lowest BCUT2D eigenvalue weighted by Crippen LogP contribution is -2.17. The highest BCUT2D eigenvalue weighted by atomic mass is 32.1. The summed E-state index contributed by atoms with van der Waals surface area (Å²) >= 11 is 1.76. The maximum Gasteiger partial charge on any atom is 0.118 e. The van der Waals surface area contributed by atoms with Crippen LogP contribution in [0.15, 0.2) is 41.8 Å². The molecule has 0 saturated carbocycles. The molecule has 0 aliphatic rings. The third-order valence-corrected chi connectivity index (χ3v) is 3.89. The smallest absolute Gasteiger partial charge is 0.118 e. The fraction of sp³-hybridized carbons (Fsp3) is 0.333. The van der Waals surface area contributed by atoms with Gasteiger partial charge in [0, 0.05) is 17.8 Å². The van der Waals surface area contributed by atoms with E-state index in [4.69, 9.17) is 15.2 Å². The average molecular weight is 277 g/mol. The lowest BCUT2D eigenvalue weighted by atomic mass is 10.1. The van der Waals surface area contributed by atoms with Crippen molar-refractivity contribution in [2.24, 2.45) is 5.73 Å². The van der Waals surface area contributed by atoms with Crippen LogP contribution in [0.25, 0.3) is 0 Å². The van der Waals surface area contributed by atoms with E-state index < -0.39 is 0 Å². The second-order valence-electron chi connectivity index (χ2n) is 4.20. The number of hydrogen-bond donors (Lipinski definition) is 1. The molecule has 1 heterocycles. The number of methoxy groups -OCH3 is 1. The van der Waals surface area contributed by atoms with Gasteiger partial charge in [0.15, 0.2) is 0 Å². The maximum absolute atomic E-state index is 5.87. The van der Waals surface area contributed by atoms with Gasteiger partial charge in [-0.25, -0.2) is 0 Å². The molecule has 1 aromatic heterocycles. The third-order valence-electron chi connectivity index (χ3n) is 2.95. The lowest BCUT2D eigenvalue weighted by molar-refractivity contribution is 0.0612. The number of hydrogen-bond acceptors (Lipinski definition) is 4. The van der Waals surface area contributed by atoms with Crippen molar-refractivity contribution in [3.05, 3.63) is 52.2 Å². The van der Waals surface area contributed by atoms with Crippen LogP contribution in [0.5, 0.6) is 5.75 Å². The third kappa shape index (κ3) is 4.06. The SMILES string of the molecule is COc1ccc(C(CN)OCCc2cccs2)cc1. The van der Waals surface area contributed by atoms with Crippen LogP contribution in [0.1, 0.15) is 16.5 Å². The molecule has 1 unspecified atom stereocenters. The van der Waals surface area contributed by atoms with E-state index in [0.717, 1.165) is 17.7 Å². The predicted molar refractivity (Wildman–Crippen MR) is 78.8 cm³/mol. The molecule has 2 aromatic rings. The second-order valence-corrected chi connectivity index (χ2v) is 5.23. The molecule has 3 nitrogen and oxygen atoms in total. The Bertz CT molecular complexity index is 467. The lowest BCUT2D eigenvalue weighted by Gasteiger charge is -2.16. The first-order valence-electron chi connectivity index (χ1n) is 6.31. The Morgan fingerprint density at radius 1 is 1.21 bits per heavy atom. The zero-order valence-electron chi connectivity index (χ0n) is 11.0. The molecule has 19 heavy (non-hydrogen) atoms. The van der Waals surface area contributed by atoms with Crippen LogP contribution >= 0.6 is 11.3 Å². The van der Waals surface area contributed by atoms with Crippen molar-refractivity contribution in [2.45, 2.75) is 12.5 Å². The van der Waals surface area contributed by atoms with Crippen molar-refractivity contribution < 1.29 is 9.47 Å². The Labute approximate surface area is 118 Å². The van der Waals surface area contributed by atoms with Gasteiger partial charge < -0.3 is 15.2 Å². The van der Waals surface area contributed by atoms with Crippen LogP contribution in [0.2, 0.25) is 0 Å². The molecule has 0 spiro atoms. The van der Waals surface area contributed by atoms with Gasteiger partial charge in [0.05, 0.1) is 19.8 Å². The molecule has 1 atom stereocenters. The summed E-state index contributed by atoms with van der Waals surface area (Å²) in [6.07, 6.45) is 0.885. The average Bonchev–Trinajstić information content (AvgIpc) is 2.97. The van der Waals surface area contributed by atoms with Crippen LogP contribution in [0, 0.1) is 0 Å². The molecule has 2 rings (SSSR count). The monoisotopic (exact) mass is 277 g/mol. The molecule has 4 heteroatoms. The van der Waals surface area contributed by atoms with Gasteiger partial charge in [-0.15, -0.1) is 11.3 Å². The first-order chi connectivity index (χ1) is 9.33. The molecule has 0 fully saturated rings. The number of nitrogens with two attached hydrogens (primary N) is 1. The van der Waals surface area contributed by atoms with Gasteiger partial charge in [0.1, 0.15) is 5.75 Å². The summed E-state index contributed by atoms with van der Waals surface area (Å²) in [5.74, 6) is 0.845. The molecule has 0 saturated heterocycles. The zero-order chi connectivity index (χ0) is 13.5. The second kappa shape index (κ2) is 7.28. The summed E-state index contributed by atoms with van der Waals surface area (Å²) in [5, 5.41) is 2.08. The number of rotatable bonds is 7. The van der Waals surface area contributed by atoms with E-state index in [1.807, 2.05) is 24.3 Å². The fourth-order valence-electron chi connectivity index (χ4n) is 1.88. The van der Waals surface area contributed by atoms with Crippen molar-refractivity contribution in [3.63, 3.8) is 0 Å². The van der Waals surface area contributed by atoms with Gasteiger partial charge in [-0.05, 0) is 29.1 Å². The van der Waals surface area contributed by atoms with Crippen molar-refractivity contribution in [1.82, 2.24) is 0 Å². The van der Waals surface area contributed by atoms with E-state index in [1.165, 1.54) is 4.88 Å². The van der Waals surface area contributed by atoms with Gasteiger partial charge in [-0.1, -0.05) is 18.2 Å². The predicted octanol–water partition coefficient (Wildman–Crippen LogP) is 3.02. The minimum Gasteiger partial charge on any atom is -0.497 e. The first-order valence-corrected chi connectivity index (χ1v) is 7.19. The summed E-state index contributed by atoms with van der Waals surface area (Å²) in [6.45, 7) is 1.17. The van der Waals surface area contributed by atoms with Crippen LogP contribution in [0.4, 0.5) is 0 Å². The van der Waals surface area contributed by atoms with Gasteiger partial charge in [0.2, 0.25) is 0 Å². The maximum atomic E-state index is 5.87. The van der Waals surface area contributed by atoms with E-state index in [-0.39, 0.29) is 6.10 Å². The molecule has 0 radical (unpaired) electrons. The first kappa shape index (κ1) is 14.1. The highest BCUT2D eigenvalue weighted by Gasteiger charge is 2.10. The van der Waals surface area contributed by atoms with Crippen molar-refractivity contribution >= 4 is 11.3 Å². The van der Waals surface area contributed by atoms with Gasteiger partial charge in [-0.3, -0.25) is 0 Å². The Balaban J connectivity index is 1.88. The number of thiophene rings is 1. The Hall–Kier alpha value is -1.36. The Morgan fingerprint density at radius 2 is 2.00 bits per heavy atom. The molecular formula is C15H19NO2S. The highest BCUT2D eigenvalue weighted by Crippen LogP contribution is 2.20. The van der Waals surface area contributed by atoms with Crippen molar-refractivity contribution in [2.75, 3.05) is 20.3 Å². The largest absolute Gasteiger partial charge is 0.497 e. The summed E-state index contributed by atoms with van der Waals surface area (Å²) in [6, 6.07) is 12.0. The van der Waals surface area contributed by atoms with E-state index >= 15 is 0 Å². The Kier molecular flexibility index (Phi) is 5.39. The van der Waals surface area contributed by atoms with Gasteiger partial charge >= 0.3 is 0 Å². The standard InChI is InChI=1S/C15H19NO2S/c1-17-13-6-4-12(5-7-13)15(11-16)18-9-8-14-3-2-10-19-14/h2-7,10,15H,8-9,11,16H2,1H3. The van der Waals surface area contributed by atoms with Crippen LogP contribution in [0.3, 0.4) is 0 Å². The summed E-state index contributed by atoms with van der Waals surface area (Å²) < 4.78 is 11.0. The fourth-order valence-corrected chi connectivity index (χ4v) is 2.57. The molecule has 0 aliphatic heterocycles. The van der Waals surface area contributed by atoms with Gasteiger partial charge in [-0.2, -0.15) is 0 Å². The number of benzene rings is 1. The molecule has 0 amide bonds. The van der Waals surface area contributed by atoms with Crippen LogP contribution < -0.4 is 10.5 Å². The van der Waals surface area contributed by atoms with Crippen molar-refractivity contribution in [1.29, 1.82) is 0 Å². The van der Waals surface area contributed by atoms with Crippen LogP contribution in [-0.4, -0.2) is 20.3 Å². The summed E-state index contributed by atoms with van der Waals surface area (Å²) in [7, 11) is 1.66.